The van der Waals surface area contributed by atoms with Crippen LogP contribution in [0.15, 0.2) is 0 Å². The van der Waals surface area contributed by atoms with Crippen LogP contribution in [0.4, 0.5) is 0 Å². The molecule has 4 nitrogen and oxygen atoms in total. The van der Waals surface area contributed by atoms with E-state index < -0.39 is 0 Å². The number of amides is 1. The van der Waals surface area contributed by atoms with E-state index in [1.807, 2.05) is 14.0 Å². The van der Waals surface area contributed by atoms with Gasteiger partial charge >= 0.3 is 0 Å². The minimum absolute atomic E-state index is 0. The highest BCUT2D eigenvalue weighted by atomic mass is 35.5. The molecule has 1 fully saturated rings. The normalized spacial score (nSPS) is 21.2. The molecule has 16 heavy (non-hydrogen) atoms. The first-order chi connectivity index (χ1) is 7.26. The zero-order valence-corrected chi connectivity index (χ0v) is 11.1. The van der Waals surface area contributed by atoms with Crippen LogP contribution in [0.3, 0.4) is 0 Å². The predicted molar refractivity (Wildman–Crippen MR) is 69.0 cm³/mol. The molecule has 0 radical (unpaired) electrons. The van der Waals surface area contributed by atoms with E-state index in [0.717, 1.165) is 26.2 Å². The zero-order chi connectivity index (χ0) is 11.1. The van der Waals surface area contributed by atoms with Crippen LogP contribution in [0.5, 0.6) is 0 Å². The van der Waals surface area contributed by atoms with Gasteiger partial charge in [-0.15, -0.1) is 12.4 Å². The van der Waals surface area contributed by atoms with Crippen LogP contribution in [0, 0.1) is 5.92 Å². The number of nitrogens with zero attached hydrogens (tertiary/aromatic N) is 1. The van der Waals surface area contributed by atoms with Gasteiger partial charge in [0.1, 0.15) is 0 Å². The van der Waals surface area contributed by atoms with Crippen molar-refractivity contribution in [2.45, 2.75) is 19.8 Å². The number of nitrogens with one attached hydrogen (secondary N) is 2. The van der Waals surface area contributed by atoms with Gasteiger partial charge in [0.2, 0.25) is 5.91 Å². The van der Waals surface area contributed by atoms with Gasteiger partial charge in [-0.05, 0) is 45.8 Å². The van der Waals surface area contributed by atoms with Crippen molar-refractivity contribution in [2.24, 2.45) is 5.92 Å². The lowest BCUT2D eigenvalue weighted by Gasteiger charge is -2.32. The van der Waals surface area contributed by atoms with Crippen LogP contribution in [0.1, 0.15) is 19.8 Å². The number of hydrogen-bond acceptors (Lipinski definition) is 3. The minimum atomic E-state index is 0. The quantitative estimate of drug-likeness (QED) is 0.745. The van der Waals surface area contributed by atoms with E-state index in [-0.39, 0.29) is 18.3 Å². The Hall–Kier alpha value is -0.320. The molecule has 5 heteroatoms. The van der Waals surface area contributed by atoms with Crippen LogP contribution >= 0.6 is 12.4 Å². The molecule has 1 saturated heterocycles. The second-order valence-electron chi connectivity index (χ2n) is 4.25. The third kappa shape index (κ3) is 5.68. The fourth-order valence-corrected chi connectivity index (χ4v) is 2.21. The van der Waals surface area contributed by atoms with Gasteiger partial charge in [0.05, 0.1) is 6.54 Å². The number of likely N-dealkylation sites (N-methyl/N-ethyl adjacent to an activating group) is 1. The summed E-state index contributed by atoms with van der Waals surface area (Å²) in [6.45, 7) is 6.43. The number of rotatable bonds is 5. The molecule has 1 amide bonds. The molecular formula is C11H24ClN3O. The van der Waals surface area contributed by atoms with Gasteiger partial charge in [0.25, 0.3) is 0 Å². The maximum Gasteiger partial charge on any atom is 0.234 e. The largest absolute Gasteiger partial charge is 0.355 e. The maximum absolute atomic E-state index is 11.4. The summed E-state index contributed by atoms with van der Waals surface area (Å²) in [4.78, 5) is 13.7. The molecule has 0 bridgehead atoms. The Bertz CT molecular complexity index is 200. The van der Waals surface area contributed by atoms with Crippen molar-refractivity contribution in [3.8, 4) is 0 Å². The van der Waals surface area contributed by atoms with E-state index in [1.54, 1.807) is 0 Å². The average molecular weight is 250 g/mol. The Labute approximate surface area is 105 Å². The highest BCUT2D eigenvalue weighted by molar-refractivity contribution is 5.85. The second kappa shape index (κ2) is 8.79. The summed E-state index contributed by atoms with van der Waals surface area (Å²) in [5, 5.41) is 6.05. The summed E-state index contributed by atoms with van der Waals surface area (Å²) in [6.07, 6.45) is 2.50. The van der Waals surface area contributed by atoms with Crippen molar-refractivity contribution in [1.82, 2.24) is 15.5 Å². The van der Waals surface area contributed by atoms with Gasteiger partial charge in [-0.1, -0.05) is 0 Å². The van der Waals surface area contributed by atoms with Gasteiger partial charge in [0, 0.05) is 13.1 Å². The lowest BCUT2D eigenvalue weighted by atomic mass is 9.98. The molecule has 0 aromatic heterocycles. The molecule has 1 heterocycles. The monoisotopic (exact) mass is 249 g/mol. The highest BCUT2D eigenvalue weighted by Crippen LogP contribution is 2.14. The molecular weight excluding hydrogens is 226 g/mol. The van der Waals surface area contributed by atoms with E-state index in [0.29, 0.717) is 12.5 Å². The van der Waals surface area contributed by atoms with Crippen LogP contribution in [0.25, 0.3) is 0 Å². The molecule has 1 atom stereocenters. The third-order valence-electron chi connectivity index (χ3n) is 2.84. The van der Waals surface area contributed by atoms with E-state index in [1.165, 1.54) is 12.8 Å². The van der Waals surface area contributed by atoms with Crippen molar-refractivity contribution in [2.75, 3.05) is 39.8 Å². The predicted octanol–water partition coefficient (Wildman–Crippen LogP) is 0.476. The fourth-order valence-electron chi connectivity index (χ4n) is 2.21. The second-order valence-corrected chi connectivity index (χ2v) is 4.25. The van der Waals surface area contributed by atoms with E-state index in [4.69, 9.17) is 0 Å². The highest BCUT2D eigenvalue weighted by Gasteiger charge is 2.20. The van der Waals surface area contributed by atoms with Crippen molar-refractivity contribution >= 4 is 18.3 Å². The van der Waals surface area contributed by atoms with E-state index in [2.05, 4.69) is 15.5 Å². The number of carbonyl (C=O) groups is 1. The van der Waals surface area contributed by atoms with Crippen LogP contribution in [-0.4, -0.2) is 50.6 Å². The third-order valence-corrected chi connectivity index (χ3v) is 2.84. The molecule has 0 saturated carbocycles. The molecule has 0 aromatic carbocycles. The summed E-state index contributed by atoms with van der Waals surface area (Å²) < 4.78 is 0. The zero-order valence-electron chi connectivity index (χ0n) is 10.3. The van der Waals surface area contributed by atoms with Crippen molar-refractivity contribution in [3.05, 3.63) is 0 Å². The average Bonchev–Trinajstić information content (AvgIpc) is 2.19. The lowest BCUT2D eigenvalue weighted by Crippen LogP contribution is -2.44. The fraction of sp³-hybridized carbons (Fsp3) is 0.909. The van der Waals surface area contributed by atoms with Gasteiger partial charge in [-0.3, -0.25) is 9.69 Å². The van der Waals surface area contributed by atoms with Crippen LogP contribution in [0.2, 0.25) is 0 Å². The molecule has 1 rings (SSSR count). The van der Waals surface area contributed by atoms with Crippen molar-refractivity contribution in [1.29, 1.82) is 0 Å². The number of hydrogen-bond donors (Lipinski definition) is 2. The van der Waals surface area contributed by atoms with Crippen molar-refractivity contribution in [3.63, 3.8) is 0 Å². The topological polar surface area (TPSA) is 44.4 Å². The number of carbonyl (C=O) groups excluding carboxylic acids is 1. The van der Waals surface area contributed by atoms with Gasteiger partial charge in [-0.25, -0.2) is 0 Å². The smallest absolute Gasteiger partial charge is 0.234 e. The van der Waals surface area contributed by atoms with E-state index in [9.17, 15) is 4.79 Å². The Morgan fingerprint density at radius 1 is 1.50 bits per heavy atom. The summed E-state index contributed by atoms with van der Waals surface area (Å²) in [7, 11) is 1.99. The maximum atomic E-state index is 11.4. The Morgan fingerprint density at radius 2 is 2.25 bits per heavy atom. The molecule has 1 unspecified atom stereocenters. The van der Waals surface area contributed by atoms with Crippen LogP contribution < -0.4 is 10.6 Å². The molecule has 1 aliphatic rings. The van der Waals surface area contributed by atoms with Crippen molar-refractivity contribution < 1.29 is 4.79 Å². The first kappa shape index (κ1) is 15.7. The molecule has 96 valence electrons. The molecule has 1 aliphatic heterocycles. The Balaban J connectivity index is 0.00000225. The standard InChI is InChI=1S/C11H23N3O.ClH/c1-3-13-11(15)9-14-6-4-5-10(8-14)7-12-2;/h10,12H,3-9H2,1-2H3,(H,13,15);1H. The molecule has 2 N–H and O–H groups in total. The number of piperidine rings is 1. The van der Waals surface area contributed by atoms with Crippen LogP contribution in [-0.2, 0) is 4.79 Å². The van der Waals surface area contributed by atoms with E-state index >= 15 is 0 Å². The number of halogens is 1. The lowest BCUT2D eigenvalue weighted by molar-refractivity contribution is -0.122. The van der Waals surface area contributed by atoms with Gasteiger partial charge in [0.15, 0.2) is 0 Å². The molecule has 0 aliphatic carbocycles. The summed E-state index contributed by atoms with van der Waals surface area (Å²) in [5.41, 5.74) is 0. The summed E-state index contributed by atoms with van der Waals surface area (Å²) >= 11 is 0. The first-order valence-electron chi connectivity index (χ1n) is 5.90. The Morgan fingerprint density at radius 3 is 2.88 bits per heavy atom. The minimum Gasteiger partial charge on any atom is -0.355 e. The molecule has 0 aromatic rings. The Kier molecular flexibility index (Phi) is 8.61. The van der Waals surface area contributed by atoms with Gasteiger partial charge < -0.3 is 10.6 Å². The summed E-state index contributed by atoms with van der Waals surface area (Å²) in [5.74, 6) is 0.862. The number of likely N-dealkylation sites (tertiary alicyclic amines) is 1. The molecule has 0 spiro atoms. The first-order valence-corrected chi connectivity index (χ1v) is 5.90. The van der Waals surface area contributed by atoms with Gasteiger partial charge in [-0.2, -0.15) is 0 Å². The SMILES string of the molecule is CCNC(=O)CN1CCCC(CNC)C1.Cl. The summed E-state index contributed by atoms with van der Waals surface area (Å²) in [6, 6.07) is 0.